The molecule has 2 rings (SSSR count). The molecule has 0 saturated heterocycles. The summed E-state index contributed by atoms with van der Waals surface area (Å²) in [5.74, 6) is -0.779. The molecular weight excluding hydrogens is 381 g/mol. The number of carbonyl (C=O) groups excluding carboxylic acids is 2. The highest BCUT2D eigenvalue weighted by molar-refractivity contribution is 5.94. The minimum absolute atomic E-state index is 0.0906. The number of aryl methyl sites for hydroxylation is 1. The molecule has 0 aliphatic heterocycles. The van der Waals surface area contributed by atoms with Crippen molar-refractivity contribution in [2.75, 3.05) is 6.54 Å². The Morgan fingerprint density at radius 1 is 1.00 bits per heavy atom. The molecule has 2 N–H and O–H groups in total. The molecule has 0 spiro atoms. The molecule has 0 saturated carbocycles. The van der Waals surface area contributed by atoms with Crippen molar-refractivity contribution in [1.82, 2.24) is 15.6 Å². The van der Waals surface area contributed by atoms with Crippen LogP contribution in [0.15, 0.2) is 42.7 Å². The standard InChI is InChI=1S/C24H32FN3O2/c1-3-4-5-11-22(28-24(30)20-14-18(2)16-26-17-20)12-6-7-13-27-23(29)19-9-8-10-21(25)15-19/h8-10,14-17,22H,3-7,11-13H2,1-2H3,(H,27,29)(H,28,30). The maximum Gasteiger partial charge on any atom is 0.253 e. The van der Waals surface area contributed by atoms with Crippen molar-refractivity contribution in [2.45, 2.75) is 64.8 Å². The van der Waals surface area contributed by atoms with Crippen LogP contribution in [0.25, 0.3) is 0 Å². The Labute approximate surface area is 178 Å². The number of nitrogens with zero attached hydrogens (tertiary/aromatic N) is 1. The zero-order chi connectivity index (χ0) is 21.8. The molecule has 2 amide bonds. The van der Waals surface area contributed by atoms with Gasteiger partial charge in [-0.1, -0.05) is 32.3 Å². The lowest BCUT2D eigenvalue weighted by molar-refractivity contribution is 0.0930. The van der Waals surface area contributed by atoms with Gasteiger partial charge in [0.05, 0.1) is 5.56 Å². The highest BCUT2D eigenvalue weighted by atomic mass is 19.1. The van der Waals surface area contributed by atoms with Crippen molar-refractivity contribution < 1.29 is 14.0 Å². The zero-order valence-corrected chi connectivity index (χ0v) is 17.9. The first-order chi connectivity index (χ1) is 14.5. The fourth-order valence-electron chi connectivity index (χ4n) is 3.33. The zero-order valence-electron chi connectivity index (χ0n) is 17.9. The minimum atomic E-state index is -0.419. The summed E-state index contributed by atoms with van der Waals surface area (Å²) in [6.45, 7) is 4.60. The van der Waals surface area contributed by atoms with Crippen molar-refractivity contribution in [3.63, 3.8) is 0 Å². The summed E-state index contributed by atoms with van der Waals surface area (Å²) in [6, 6.07) is 7.61. The lowest BCUT2D eigenvalue weighted by Gasteiger charge is -2.19. The fourth-order valence-corrected chi connectivity index (χ4v) is 3.33. The Morgan fingerprint density at radius 2 is 1.77 bits per heavy atom. The van der Waals surface area contributed by atoms with Gasteiger partial charge in [0.2, 0.25) is 0 Å². The molecule has 2 aromatic rings. The molecule has 1 aromatic carbocycles. The van der Waals surface area contributed by atoms with Crippen molar-refractivity contribution in [3.8, 4) is 0 Å². The van der Waals surface area contributed by atoms with Gasteiger partial charge in [0.15, 0.2) is 0 Å². The molecular formula is C24H32FN3O2. The van der Waals surface area contributed by atoms with E-state index in [0.29, 0.717) is 17.7 Å². The molecule has 6 heteroatoms. The predicted octanol–water partition coefficient (Wildman–Crippen LogP) is 4.81. The lowest BCUT2D eigenvalue weighted by Crippen LogP contribution is -2.35. The van der Waals surface area contributed by atoms with Gasteiger partial charge in [0, 0.05) is 30.5 Å². The van der Waals surface area contributed by atoms with Crippen LogP contribution < -0.4 is 10.6 Å². The van der Waals surface area contributed by atoms with Crippen LogP contribution in [0, 0.1) is 12.7 Å². The van der Waals surface area contributed by atoms with E-state index in [4.69, 9.17) is 0 Å². The number of aromatic nitrogens is 1. The fraction of sp³-hybridized carbons (Fsp3) is 0.458. The average molecular weight is 414 g/mol. The highest BCUT2D eigenvalue weighted by Crippen LogP contribution is 2.12. The van der Waals surface area contributed by atoms with E-state index in [0.717, 1.165) is 50.5 Å². The van der Waals surface area contributed by atoms with E-state index in [9.17, 15) is 14.0 Å². The molecule has 162 valence electrons. The SMILES string of the molecule is CCCCCC(CCCCNC(=O)c1cccc(F)c1)NC(=O)c1cncc(C)c1. The van der Waals surface area contributed by atoms with Crippen molar-refractivity contribution >= 4 is 11.8 Å². The summed E-state index contributed by atoms with van der Waals surface area (Å²) in [5, 5.41) is 5.97. The Morgan fingerprint density at radius 3 is 2.47 bits per heavy atom. The number of nitrogens with one attached hydrogen (secondary N) is 2. The van der Waals surface area contributed by atoms with Crippen molar-refractivity contribution in [1.29, 1.82) is 0 Å². The van der Waals surface area contributed by atoms with Gasteiger partial charge in [0.25, 0.3) is 11.8 Å². The van der Waals surface area contributed by atoms with E-state index < -0.39 is 5.82 Å². The largest absolute Gasteiger partial charge is 0.352 e. The summed E-state index contributed by atoms with van der Waals surface area (Å²) >= 11 is 0. The second-order valence-corrected chi connectivity index (χ2v) is 7.68. The Hall–Kier alpha value is -2.76. The van der Waals surface area contributed by atoms with E-state index in [1.807, 2.05) is 13.0 Å². The molecule has 30 heavy (non-hydrogen) atoms. The molecule has 1 unspecified atom stereocenters. The minimum Gasteiger partial charge on any atom is -0.352 e. The highest BCUT2D eigenvalue weighted by Gasteiger charge is 2.14. The second kappa shape index (κ2) is 12.7. The van der Waals surface area contributed by atoms with Gasteiger partial charge in [-0.15, -0.1) is 0 Å². The van der Waals surface area contributed by atoms with Crippen LogP contribution in [0.3, 0.4) is 0 Å². The molecule has 0 aliphatic carbocycles. The normalized spacial score (nSPS) is 11.7. The van der Waals surface area contributed by atoms with Crippen LogP contribution in [-0.2, 0) is 0 Å². The number of hydrogen-bond donors (Lipinski definition) is 2. The van der Waals surface area contributed by atoms with Crippen molar-refractivity contribution in [3.05, 3.63) is 65.2 Å². The number of amides is 2. The maximum absolute atomic E-state index is 13.2. The van der Waals surface area contributed by atoms with Gasteiger partial charge in [-0.3, -0.25) is 14.6 Å². The molecule has 1 atom stereocenters. The topological polar surface area (TPSA) is 71.1 Å². The predicted molar refractivity (Wildman–Crippen MR) is 117 cm³/mol. The number of benzene rings is 1. The summed E-state index contributed by atoms with van der Waals surface area (Å²) < 4.78 is 13.2. The first-order valence-electron chi connectivity index (χ1n) is 10.8. The van der Waals surface area contributed by atoms with Gasteiger partial charge < -0.3 is 10.6 Å². The molecule has 1 heterocycles. The van der Waals surface area contributed by atoms with Crippen LogP contribution in [0.2, 0.25) is 0 Å². The number of carbonyl (C=O) groups is 2. The van der Waals surface area contributed by atoms with Crippen LogP contribution in [-0.4, -0.2) is 29.4 Å². The van der Waals surface area contributed by atoms with E-state index in [1.165, 1.54) is 18.2 Å². The number of halogens is 1. The van der Waals surface area contributed by atoms with Crippen LogP contribution >= 0.6 is 0 Å². The first-order valence-corrected chi connectivity index (χ1v) is 10.8. The van der Waals surface area contributed by atoms with Gasteiger partial charge in [-0.05, 0) is 62.4 Å². The van der Waals surface area contributed by atoms with Crippen molar-refractivity contribution in [2.24, 2.45) is 0 Å². The second-order valence-electron chi connectivity index (χ2n) is 7.68. The monoisotopic (exact) mass is 413 g/mol. The number of hydrogen-bond acceptors (Lipinski definition) is 3. The summed E-state index contributed by atoms with van der Waals surface area (Å²) in [5.41, 5.74) is 1.86. The van der Waals surface area contributed by atoms with E-state index in [1.54, 1.807) is 18.5 Å². The van der Waals surface area contributed by atoms with Gasteiger partial charge in [-0.2, -0.15) is 0 Å². The van der Waals surface area contributed by atoms with E-state index in [2.05, 4.69) is 22.5 Å². The maximum atomic E-state index is 13.2. The molecule has 0 aliphatic rings. The third kappa shape index (κ3) is 8.31. The first kappa shape index (κ1) is 23.5. The quantitative estimate of drug-likeness (QED) is 0.491. The molecule has 0 bridgehead atoms. The van der Waals surface area contributed by atoms with Gasteiger partial charge in [-0.25, -0.2) is 4.39 Å². The van der Waals surface area contributed by atoms with Gasteiger partial charge >= 0.3 is 0 Å². The van der Waals surface area contributed by atoms with E-state index in [-0.39, 0.29) is 17.9 Å². The van der Waals surface area contributed by atoms with Crippen LogP contribution in [0.4, 0.5) is 4.39 Å². The molecule has 5 nitrogen and oxygen atoms in total. The summed E-state index contributed by atoms with van der Waals surface area (Å²) in [6.07, 6.45) is 10.1. The average Bonchev–Trinajstić information content (AvgIpc) is 2.73. The van der Waals surface area contributed by atoms with E-state index >= 15 is 0 Å². The molecule has 0 radical (unpaired) electrons. The Kier molecular flexibility index (Phi) is 9.98. The summed E-state index contributed by atoms with van der Waals surface area (Å²) in [7, 11) is 0. The number of rotatable bonds is 12. The molecule has 1 aromatic heterocycles. The third-order valence-corrected chi connectivity index (χ3v) is 4.98. The number of unbranched alkanes of at least 4 members (excludes halogenated alkanes) is 3. The molecule has 0 fully saturated rings. The summed E-state index contributed by atoms with van der Waals surface area (Å²) in [4.78, 5) is 28.7. The smallest absolute Gasteiger partial charge is 0.253 e. The third-order valence-electron chi connectivity index (χ3n) is 4.98. The number of pyridine rings is 1. The van der Waals surface area contributed by atoms with Crippen LogP contribution in [0.5, 0.6) is 0 Å². The van der Waals surface area contributed by atoms with Crippen LogP contribution in [0.1, 0.15) is 78.1 Å². The van der Waals surface area contributed by atoms with Gasteiger partial charge in [0.1, 0.15) is 5.82 Å². The lowest BCUT2D eigenvalue weighted by atomic mass is 10.0. The Bertz CT molecular complexity index is 826. The Balaban J connectivity index is 1.78.